The number of aromatic nitrogens is 4. The fraction of sp³-hybridized carbons (Fsp3) is 0.316. The molecule has 0 saturated carbocycles. The van der Waals surface area contributed by atoms with Gasteiger partial charge in [0.05, 0.1) is 6.33 Å². The monoisotopic (exact) mass is 351 g/mol. The van der Waals surface area contributed by atoms with Crippen LogP contribution in [0.1, 0.15) is 17.5 Å². The summed E-state index contributed by atoms with van der Waals surface area (Å²) >= 11 is 0. The second-order valence-electron chi connectivity index (χ2n) is 6.03. The third-order valence-electron chi connectivity index (χ3n) is 4.05. The topological polar surface area (TPSA) is 72.1 Å². The Labute approximate surface area is 153 Å². The SMILES string of the molecule is CN=C(NCCCn1cccn1)NCc1ccc(Cn2ccnc2)cc1. The van der Waals surface area contributed by atoms with Crippen molar-refractivity contribution in [3.05, 3.63) is 72.6 Å². The molecule has 3 rings (SSSR count). The number of benzene rings is 1. The molecule has 0 saturated heterocycles. The van der Waals surface area contributed by atoms with Crippen molar-refractivity contribution in [1.29, 1.82) is 0 Å². The highest BCUT2D eigenvalue weighted by molar-refractivity contribution is 5.79. The summed E-state index contributed by atoms with van der Waals surface area (Å²) in [4.78, 5) is 8.33. The lowest BCUT2D eigenvalue weighted by Gasteiger charge is -2.12. The summed E-state index contributed by atoms with van der Waals surface area (Å²) < 4.78 is 3.99. The van der Waals surface area contributed by atoms with Crippen molar-refractivity contribution in [2.24, 2.45) is 4.99 Å². The first-order valence-corrected chi connectivity index (χ1v) is 8.79. The molecule has 2 heterocycles. The van der Waals surface area contributed by atoms with Crippen LogP contribution in [0.4, 0.5) is 0 Å². The van der Waals surface area contributed by atoms with E-state index < -0.39 is 0 Å². The van der Waals surface area contributed by atoms with Crippen LogP contribution < -0.4 is 10.6 Å². The number of aliphatic imine (C=N–C) groups is 1. The number of hydrogen-bond donors (Lipinski definition) is 2. The summed E-state index contributed by atoms with van der Waals surface area (Å²) in [5.74, 6) is 0.813. The van der Waals surface area contributed by atoms with Crippen molar-refractivity contribution in [1.82, 2.24) is 30.0 Å². The predicted molar refractivity (Wildman–Crippen MR) is 103 cm³/mol. The minimum Gasteiger partial charge on any atom is -0.356 e. The molecule has 0 atom stereocenters. The van der Waals surface area contributed by atoms with Gasteiger partial charge >= 0.3 is 0 Å². The minimum atomic E-state index is 0.740. The van der Waals surface area contributed by atoms with Gasteiger partial charge in [-0.15, -0.1) is 0 Å². The van der Waals surface area contributed by atoms with Gasteiger partial charge in [0.15, 0.2) is 5.96 Å². The molecule has 136 valence electrons. The maximum Gasteiger partial charge on any atom is 0.191 e. The van der Waals surface area contributed by atoms with E-state index >= 15 is 0 Å². The second kappa shape index (κ2) is 9.41. The van der Waals surface area contributed by atoms with Crippen molar-refractivity contribution >= 4 is 5.96 Å². The molecule has 26 heavy (non-hydrogen) atoms. The Morgan fingerprint density at radius 3 is 2.62 bits per heavy atom. The molecule has 7 heteroatoms. The molecule has 0 spiro atoms. The Balaban J connectivity index is 1.38. The van der Waals surface area contributed by atoms with E-state index in [0.717, 1.165) is 38.6 Å². The van der Waals surface area contributed by atoms with Crippen molar-refractivity contribution in [3.63, 3.8) is 0 Å². The van der Waals surface area contributed by atoms with Crippen LogP contribution >= 0.6 is 0 Å². The summed E-state index contributed by atoms with van der Waals surface area (Å²) in [5.41, 5.74) is 2.48. The molecule has 0 fully saturated rings. The van der Waals surface area contributed by atoms with Crippen molar-refractivity contribution < 1.29 is 0 Å². The smallest absolute Gasteiger partial charge is 0.191 e. The third kappa shape index (κ3) is 5.47. The summed E-state index contributed by atoms with van der Waals surface area (Å²) in [7, 11) is 1.79. The molecule has 3 aromatic rings. The zero-order valence-electron chi connectivity index (χ0n) is 15.0. The van der Waals surface area contributed by atoms with Crippen molar-refractivity contribution in [2.45, 2.75) is 26.1 Å². The number of imidazole rings is 1. The first kappa shape index (κ1) is 17.7. The average Bonchev–Trinajstić information content (AvgIpc) is 3.36. The van der Waals surface area contributed by atoms with E-state index in [1.54, 1.807) is 19.4 Å². The van der Waals surface area contributed by atoms with Crippen LogP contribution in [0.15, 0.2) is 66.4 Å². The van der Waals surface area contributed by atoms with E-state index in [2.05, 4.69) is 54.5 Å². The highest BCUT2D eigenvalue weighted by atomic mass is 15.3. The van der Waals surface area contributed by atoms with Crippen LogP contribution in [0, 0.1) is 0 Å². The van der Waals surface area contributed by atoms with Crippen LogP contribution in [-0.4, -0.2) is 38.9 Å². The van der Waals surface area contributed by atoms with Crippen molar-refractivity contribution in [3.8, 4) is 0 Å². The van der Waals surface area contributed by atoms with Gasteiger partial charge in [0.25, 0.3) is 0 Å². The number of nitrogens with zero attached hydrogens (tertiary/aromatic N) is 5. The molecule has 0 amide bonds. The van der Waals surface area contributed by atoms with Gasteiger partial charge in [-0.3, -0.25) is 9.67 Å². The normalized spacial score (nSPS) is 11.5. The van der Waals surface area contributed by atoms with E-state index in [1.807, 2.05) is 29.5 Å². The molecule has 0 bridgehead atoms. The Bertz CT molecular complexity index is 774. The van der Waals surface area contributed by atoms with Gasteiger partial charge in [-0.2, -0.15) is 5.10 Å². The predicted octanol–water partition coefficient (Wildman–Crippen LogP) is 1.88. The van der Waals surface area contributed by atoms with Gasteiger partial charge in [-0.25, -0.2) is 4.98 Å². The van der Waals surface area contributed by atoms with Crippen molar-refractivity contribution in [2.75, 3.05) is 13.6 Å². The Morgan fingerprint density at radius 1 is 1.08 bits per heavy atom. The lowest BCUT2D eigenvalue weighted by atomic mass is 10.1. The summed E-state index contributed by atoms with van der Waals surface area (Å²) in [6.07, 6.45) is 10.4. The van der Waals surface area contributed by atoms with Crippen LogP contribution in [0.5, 0.6) is 0 Å². The molecule has 0 radical (unpaired) electrons. The zero-order valence-corrected chi connectivity index (χ0v) is 15.0. The van der Waals surface area contributed by atoms with Crippen LogP contribution in [0.2, 0.25) is 0 Å². The van der Waals surface area contributed by atoms with E-state index in [4.69, 9.17) is 0 Å². The summed E-state index contributed by atoms with van der Waals surface area (Å²) in [6.45, 7) is 3.33. The Morgan fingerprint density at radius 2 is 1.92 bits per heavy atom. The molecule has 2 aromatic heterocycles. The number of hydrogen-bond acceptors (Lipinski definition) is 3. The molecule has 0 aliphatic heterocycles. The van der Waals surface area contributed by atoms with E-state index in [-0.39, 0.29) is 0 Å². The van der Waals surface area contributed by atoms with Gasteiger partial charge < -0.3 is 15.2 Å². The van der Waals surface area contributed by atoms with Gasteiger partial charge in [0.2, 0.25) is 0 Å². The Hall–Kier alpha value is -3.09. The van der Waals surface area contributed by atoms with Gasteiger partial charge in [0, 0.05) is 58.0 Å². The number of nitrogens with one attached hydrogen (secondary N) is 2. The van der Waals surface area contributed by atoms with Crippen LogP contribution in [0.25, 0.3) is 0 Å². The lowest BCUT2D eigenvalue weighted by Crippen LogP contribution is -2.37. The fourth-order valence-electron chi connectivity index (χ4n) is 2.64. The van der Waals surface area contributed by atoms with E-state index in [1.165, 1.54) is 11.1 Å². The Kier molecular flexibility index (Phi) is 6.41. The molecule has 1 aromatic carbocycles. The largest absolute Gasteiger partial charge is 0.356 e. The molecule has 7 nitrogen and oxygen atoms in total. The molecular weight excluding hydrogens is 326 g/mol. The van der Waals surface area contributed by atoms with Crippen LogP contribution in [-0.2, 0) is 19.6 Å². The quantitative estimate of drug-likeness (QED) is 0.369. The maximum absolute atomic E-state index is 4.27. The maximum atomic E-state index is 4.27. The first-order chi connectivity index (χ1) is 12.8. The highest BCUT2D eigenvalue weighted by Gasteiger charge is 2.00. The van der Waals surface area contributed by atoms with Crippen LogP contribution in [0.3, 0.4) is 0 Å². The highest BCUT2D eigenvalue weighted by Crippen LogP contribution is 2.06. The summed E-state index contributed by atoms with van der Waals surface area (Å²) in [5, 5.41) is 10.9. The van der Waals surface area contributed by atoms with Gasteiger partial charge in [-0.1, -0.05) is 24.3 Å². The second-order valence-corrected chi connectivity index (χ2v) is 6.03. The standard InChI is InChI=1S/C19H25N7/c1-20-19(22-8-2-11-26-12-3-9-24-26)23-14-17-4-6-18(7-5-17)15-25-13-10-21-16-25/h3-7,9-10,12-13,16H,2,8,11,14-15H2,1H3,(H2,20,22,23). The minimum absolute atomic E-state index is 0.740. The van der Waals surface area contributed by atoms with E-state index in [0.29, 0.717) is 0 Å². The molecular formula is C19H25N7. The molecule has 0 aliphatic rings. The van der Waals surface area contributed by atoms with Gasteiger partial charge in [-0.05, 0) is 23.6 Å². The number of guanidine groups is 1. The summed E-state index contributed by atoms with van der Waals surface area (Å²) in [6, 6.07) is 10.5. The van der Waals surface area contributed by atoms with E-state index in [9.17, 15) is 0 Å². The molecule has 0 aliphatic carbocycles. The molecule has 0 unspecified atom stereocenters. The molecule has 2 N–H and O–H groups in total. The number of aryl methyl sites for hydroxylation is 1. The zero-order chi connectivity index (χ0) is 18.0. The lowest BCUT2D eigenvalue weighted by molar-refractivity contribution is 0.570. The fourth-order valence-corrected chi connectivity index (χ4v) is 2.64. The van der Waals surface area contributed by atoms with Gasteiger partial charge in [0.1, 0.15) is 0 Å². The third-order valence-corrected chi connectivity index (χ3v) is 4.05. The number of rotatable bonds is 8. The average molecular weight is 351 g/mol. The first-order valence-electron chi connectivity index (χ1n) is 8.79.